The fourth-order valence-corrected chi connectivity index (χ4v) is 3.96. The third kappa shape index (κ3) is 4.97. The molecule has 2 heterocycles. The molecule has 11 nitrogen and oxygen atoms in total. The molecule has 0 aromatic rings. The van der Waals surface area contributed by atoms with Gasteiger partial charge in [0.05, 0.1) is 18.1 Å². The number of azide groups is 1. The minimum absolute atomic E-state index is 0.0637. The molecule has 2 aliphatic rings. The molecule has 0 aliphatic carbocycles. The summed E-state index contributed by atoms with van der Waals surface area (Å²) in [6.07, 6.45) is -1.11. The van der Waals surface area contributed by atoms with Crippen LogP contribution in [0.2, 0.25) is 0 Å². The molecule has 0 aromatic carbocycles. The number of fused-ring (bicyclic) bond motifs is 1. The largest absolute Gasteiger partial charge is 0.444 e. The predicted octanol–water partition coefficient (Wildman–Crippen LogP) is 2.06. The standard InChI is InChI=1S/C19H33N5O6/c1-11(2)12(8-21-17(26)30-18(3,4)5)16(25)24-9-13(22-23-20)14-15(24)19(27-6,28-7)10-29-14/h11-15H,8-10H2,1-7H3,(H,21,26). The number of hydrogen-bond acceptors (Lipinski definition) is 7. The van der Waals surface area contributed by atoms with Gasteiger partial charge in [-0.2, -0.15) is 0 Å². The lowest BCUT2D eigenvalue weighted by Crippen LogP contribution is -2.57. The number of hydrogen-bond donors (Lipinski definition) is 1. The van der Waals surface area contributed by atoms with Gasteiger partial charge >= 0.3 is 6.09 Å². The highest BCUT2D eigenvalue weighted by molar-refractivity contribution is 5.81. The summed E-state index contributed by atoms with van der Waals surface area (Å²) in [6.45, 7) is 9.53. The summed E-state index contributed by atoms with van der Waals surface area (Å²) in [7, 11) is 2.98. The van der Waals surface area contributed by atoms with Gasteiger partial charge in [-0.25, -0.2) is 4.79 Å². The van der Waals surface area contributed by atoms with Gasteiger partial charge in [0, 0.05) is 32.2 Å². The number of alkyl carbamates (subject to hydrolysis) is 1. The molecule has 2 fully saturated rings. The van der Waals surface area contributed by atoms with Crippen LogP contribution in [0.1, 0.15) is 34.6 Å². The lowest BCUT2D eigenvalue weighted by Gasteiger charge is -2.38. The monoisotopic (exact) mass is 427 g/mol. The Hall–Kier alpha value is -2.07. The number of amides is 2. The maximum atomic E-state index is 13.5. The SMILES string of the molecule is COC1(OC)COC2C(N=[N+]=[N-])CN(C(=O)C(CNC(=O)OC(C)(C)C)C(C)C)C21. The number of likely N-dealkylation sites (tertiary alicyclic amines) is 1. The summed E-state index contributed by atoms with van der Waals surface area (Å²) in [5.74, 6) is -1.93. The van der Waals surface area contributed by atoms with E-state index in [0.29, 0.717) is 0 Å². The topological polar surface area (TPSA) is 135 Å². The molecule has 0 bridgehead atoms. The Kier molecular flexibility index (Phi) is 7.57. The van der Waals surface area contributed by atoms with Gasteiger partial charge in [-0.1, -0.05) is 19.0 Å². The van der Waals surface area contributed by atoms with Crippen molar-refractivity contribution in [2.75, 3.05) is 33.9 Å². The van der Waals surface area contributed by atoms with Crippen molar-refractivity contribution in [3.8, 4) is 0 Å². The first kappa shape index (κ1) is 24.2. The first-order valence-corrected chi connectivity index (χ1v) is 10.0. The van der Waals surface area contributed by atoms with Crippen LogP contribution in [0.15, 0.2) is 5.11 Å². The van der Waals surface area contributed by atoms with Crippen molar-refractivity contribution in [2.45, 2.75) is 64.2 Å². The molecule has 2 aliphatic heterocycles. The third-order valence-corrected chi connectivity index (χ3v) is 5.50. The highest BCUT2D eigenvalue weighted by Crippen LogP contribution is 2.41. The van der Waals surface area contributed by atoms with Gasteiger partial charge in [0.15, 0.2) is 0 Å². The maximum absolute atomic E-state index is 13.5. The molecule has 170 valence electrons. The van der Waals surface area contributed by atoms with E-state index >= 15 is 0 Å². The van der Waals surface area contributed by atoms with Gasteiger partial charge in [0.25, 0.3) is 0 Å². The molecule has 30 heavy (non-hydrogen) atoms. The van der Waals surface area contributed by atoms with Crippen molar-refractivity contribution in [2.24, 2.45) is 17.0 Å². The summed E-state index contributed by atoms with van der Waals surface area (Å²) < 4.78 is 22.3. The van der Waals surface area contributed by atoms with Crippen molar-refractivity contribution in [1.29, 1.82) is 0 Å². The quantitative estimate of drug-likeness (QED) is 0.286. The van der Waals surface area contributed by atoms with E-state index in [1.54, 1.807) is 25.7 Å². The molecule has 0 saturated carbocycles. The number of nitrogens with one attached hydrogen (secondary N) is 1. The number of methoxy groups -OCH3 is 2. The highest BCUT2D eigenvalue weighted by atomic mass is 16.7. The number of nitrogens with zero attached hydrogens (tertiary/aromatic N) is 4. The zero-order chi connectivity index (χ0) is 22.7. The van der Waals surface area contributed by atoms with Crippen LogP contribution < -0.4 is 5.32 Å². The van der Waals surface area contributed by atoms with Crippen molar-refractivity contribution >= 4 is 12.0 Å². The first-order valence-electron chi connectivity index (χ1n) is 10.0. The van der Waals surface area contributed by atoms with Crippen molar-refractivity contribution < 1.29 is 28.5 Å². The van der Waals surface area contributed by atoms with E-state index in [0.717, 1.165) is 0 Å². The number of carbonyl (C=O) groups excluding carboxylic acids is 2. The molecule has 11 heteroatoms. The molecule has 2 saturated heterocycles. The average molecular weight is 428 g/mol. The van der Waals surface area contributed by atoms with Gasteiger partial charge in [0.1, 0.15) is 18.2 Å². The second-order valence-electron chi connectivity index (χ2n) is 8.94. The van der Waals surface area contributed by atoms with Gasteiger partial charge < -0.3 is 29.2 Å². The summed E-state index contributed by atoms with van der Waals surface area (Å²) in [5, 5.41) is 6.50. The lowest BCUT2D eigenvalue weighted by molar-refractivity contribution is -0.227. The Morgan fingerprint density at radius 1 is 1.33 bits per heavy atom. The molecule has 4 atom stereocenters. The predicted molar refractivity (Wildman–Crippen MR) is 107 cm³/mol. The Morgan fingerprint density at radius 3 is 2.47 bits per heavy atom. The van der Waals surface area contributed by atoms with E-state index in [9.17, 15) is 9.59 Å². The number of carbonyl (C=O) groups is 2. The Morgan fingerprint density at radius 2 is 1.97 bits per heavy atom. The molecular weight excluding hydrogens is 394 g/mol. The van der Waals surface area contributed by atoms with Crippen molar-refractivity contribution in [3.63, 3.8) is 0 Å². The lowest BCUT2D eigenvalue weighted by atomic mass is 9.93. The van der Waals surface area contributed by atoms with Gasteiger partial charge in [-0.3, -0.25) is 4.79 Å². The molecule has 1 N–H and O–H groups in total. The van der Waals surface area contributed by atoms with Crippen LogP contribution in [-0.4, -0.2) is 80.4 Å². The van der Waals surface area contributed by atoms with E-state index in [-0.39, 0.29) is 31.5 Å². The van der Waals surface area contributed by atoms with E-state index in [1.807, 2.05) is 13.8 Å². The van der Waals surface area contributed by atoms with Gasteiger partial charge in [-0.05, 0) is 32.2 Å². The molecule has 2 rings (SSSR count). The van der Waals surface area contributed by atoms with Crippen molar-refractivity contribution in [3.05, 3.63) is 10.4 Å². The highest BCUT2D eigenvalue weighted by Gasteiger charge is 2.61. The zero-order valence-electron chi connectivity index (χ0n) is 18.7. The minimum Gasteiger partial charge on any atom is -0.444 e. The molecule has 0 spiro atoms. The van der Waals surface area contributed by atoms with Crippen LogP contribution in [0.4, 0.5) is 4.79 Å². The normalized spacial score (nSPS) is 26.1. The molecular formula is C19H33N5O6. The van der Waals surface area contributed by atoms with E-state index in [1.165, 1.54) is 14.2 Å². The number of rotatable bonds is 7. The van der Waals surface area contributed by atoms with Gasteiger partial charge in [-0.15, -0.1) is 0 Å². The summed E-state index contributed by atoms with van der Waals surface area (Å²) in [4.78, 5) is 30.1. The van der Waals surface area contributed by atoms with E-state index < -0.39 is 41.6 Å². The molecule has 2 amide bonds. The maximum Gasteiger partial charge on any atom is 0.407 e. The van der Waals surface area contributed by atoms with E-state index in [4.69, 9.17) is 24.5 Å². The summed E-state index contributed by atoms with van der Waals surface area (Å²) in [5.41, 5.74) is 8.29. The zero-order valence-corrected chi connectivity index (χ0v) is 18.7. The summed E-state index contributed by atoms with van der Waals surface area (Å²) >= 11 is 0. The molecule has 0 radical (unpaired) electrons. The van der Waals surface area contributed by atoms with Crippen molar-refractivity contribution in [1.82, 2.24) is 10.2 Å². The fraction of sp³-hybridized carbons (Fsp3) is 0.895. The smallest absolute Gasteiger partial charge is 0.407 e. The van der Waals surface area contributed by atoms with Crippen LogP contribution in [0.5, 0.6) is 0 Å². The molecule has 0 aromatic heterocycles. The number of ether oxygens (including phenoxy) is 4. The Bertz CT molecular complexity index is 683. The minimum atomic E-state index is -1.15. The Labute approximate surface area is 177 Å². The average Bonchev–Trinajstić information content (AvgIpc) is 3.19. The molecule has 4 unspecified atom stereocenters. The first-order chi connectivity index (χ1) is 14.0. The van der Waals surface area contributed by atoms with Crippen LogP contribution in [-0.2, 0) is 23.7 Å². The third-order valence-electron chi connectivity index (χ3n) is 5.50. The van der Waals surface area contributed by atoms with E-state index in [2.05, 4.69) is 15.3 Å². The Balaban J connectivity index is 2.23. The summed E-state index contributed by atoms with van der Waals surface area (Å²) in [6, 6.07) is -1.12. The van der Waals surface area contributed by atoms with Crippen LogP contribution in [0.25, 0.3) is 10.4 Å². The van der Waals surface area contributed by atoms with Crippen LogP contribution in [0.3, 0.4) is 0 Å². The van der Waals surface area contributed by atoms with Crippen LogP contribution >= 0.6 is 0 Å². The second-order valence-corrected chi connectivity index (χ2v) is 8.94. The fourth-order valence-electron chi connectivity index (χ4n) is 3.96. The van der Waals surface area contributed by atoms with Crippen LogP contribution in [0, 0.1) is 11.8 Å². The van der Waals surface area contributed by atoms with Gasteiger partial charge in [0.2, 0.25) is 11.7 Å². The second kappa shape index (κ2) is 9.38.